The number of ether oxygens (including phenoxy) is 3. The molecule has 0 heterocycles. The fraction of sp³-hybridized carbons (Fsp3) is 0.773. The Balaban J connectivity index is 4.29. The summed E-state index contributed by atoms with van der Waals surface area (Å²) in [6.07, 6.45) is 77.6. The Kier molecular flexibility index (Phi) is 57.8. The number of hydrogen-bond donors (Lipinski definition) is 0. The van der Waals surface area contributed by atoms with Crippen molar-refractivity contribution >= 4 is 17.9 Å². The molecule has 0 spiro atoms. The van der Waals surface area contributed by atoms with Crippen molar-refractivity contribution in [3.05, 3.63) is 72.9 Å². The SMILES string of the molecule is CC/C=C\C/C=C\C/C=C\C/C=C\CCCCCCCCCCCCCCC(=O)OCC(COC(=O)CCCCCCCCCCCCCCCC)OC(=O)CCCCCCC/C=C\C/C=C\CCCCC. The molecule has 6 heteroatoms. The number of hydrogen-bond acceptors (Lipinski definition) is 6. The minimum Gasteiger partial charge on any atom is -0.462 e. The summed E-state index contributed by atoms with van der Waals surface area (Å²) in [5.74, 6) is -0.880. The van der Waals surface area contributed by atoms with E-state index in [9.17, 15) is 14.4 Å². The van der Waals surface area contributed by atoms with Crippen LogP contribution in [0.3, 0.4) is 0 Å². The molecule has 1 unspecified atom stereocenters. The summed E-state index contributed by atoms with van der Waals surface area (Å²) in [6.45, 7) is 6.52. The Labute approximate surface area is 446 Å². The van der Waals surface area contributed by atoms with Crippen molar-refractivity contribution in [3.8, 4) is 0 Å². The van der Waals surface area contributed by atoms with Gasteiger partial charge < -0.3 is 14.2 Å². The monoisotopic (exact) mass is 1000 g/mol. The van der Waals surface area contributed by atoms with Crippen LogP contribution in [0.5, 0.6) is 0 Å². The second kappa shape index (κ2) is 60.4. The van der Waals surface area contributed by atoms with E-state index in [2.05, 4.69) is 93.7 Å². The van der Waals surface area contributed by atoms with Crippen LogP contribution in [0, 0.1) is 0 Å². The van der Waals surface area contributed by atoms with Gasteiger partial charge in [0.1, 0.15) is 13.2 Å². The van der Waals surface area contributed by atoms with Gasteiger partial charge in [0.05, 0.1) is 0 Å². The lowest BCUT2D eigenvalue weighted by Gasteiger charge is -2.18. The van der Waals surface area contributed by atoms with Gasteiger partial charge in [-0.2, -0.15) is 0 Å². The highest BCUT2D eigenvalue weighted by atomic mass is 16.6. The number of allylic oxidation sites excluding steroid dienone is 12. The third-order valence-electron chi connectivity index (χ3n) is 13.4. The molecule has 0 rings (SSSR count). The summed E-state index contributed by atoms with van der Waals surface area (Å²) in [7, 11) is 0. The highest BCUT2D eigenvalue weighted by Gasteiger charge is 2.19. The first-order valence-corrected chi connectivity index (χ1v) is 30.9. The molecule has 0 radical (unpaired) electrons. The van der Waals surface area contributed by atoms with Gasteiger partial charge in [-0.05, 0) is 89.9 Å². The van der Waals surface area contributed by atoms with E-state index in [0.717, 1.165) is 109 Å². The Morgan fingerprint density at radius 2 is 0.542 bits per heavy atom. The van der Waals surface area contributed by atoms with Gasteiger partial charge in [0.25, 0.3) is 0 Å². The molecular formula is C66H116O6. The van der Waals surface area contributed by atoms with Crippen LogP contribution in [-0.4, -0.2) is 37.2 Å². The lowest BCUT2D eigenvalue weighted by Crippen LogP contribution is -2.30. The Morgan fingerprint density at radius 3 is 0.875 bits per heavy atom. The smallest absolute Gasteiger partial charge is 0.306 e. The third-order valence-corrected chi connectivity index (χ3v) is 13.4. The van der Waals surface area contributed by atoms with E-state index in [0.29, 0.717) is 19.3 Å². The predicted molar refractivity (Wildman–Crippen MR) is 311 cm³/mol. The maximum absolute atomic E-state index is 12.9. The zero-order valence-electron chi connectivity index (χ0n) is 47.7. The first-order chi connectivity index (χ1) is 35.5. The molecule has 6 nitrogen and oxygen atoms in total. The molecule has 0 aliphatic rings. The molecule has 0 aromatic rings. The van der Waals surface area contributed by atoms with E-state index in [1.54, 1.807) is 0 Å². The molecular weight excluding hydrogens is 889 g/mol. The summed E-state index contributed by atoms with van der Waals surface area (Å²) >= 11 is 0. The van der Waals surface area contributed by atoms with Crippen LogP contribution in [0.2, 0.25) is 0 Å². The normalized spacial score (nSPS) is 12.5. The molecule has 0 saturated heterocycles. The molecule has 72 heavy (non-hydrogen) atoms. The molecule has 0 fully saturated rings. The molecule has 0 aliphatic heterocycles. The minimum absolute atomic E-state index is 0.0781. The van der Waals surface area contributed by atoms with E-state index in [1.807, 2.05) is 0 Å². The average Bonchev–Trinajstić information content (AvgIpc) is 3.38. The Bertz CT molecular complexity index is 1340. The summed E-state index contributed by atoms with van der Waals surface area (Å²) < 4.78 is 16.9. The lowest BCUT2D eigenvalue weighted by atomic mass is 10.0. The van der Waals surface area contributed by atoms with Crippen LogP contribution in [0.15, 0.2) is 72.9 Å². The van der Waals surface area contributed by atoms with Crippen molar-refractivity contribution in [1.29, 1.82) is 0 Å². The van der Waals surface area contributed by atoms with Crippen LogP contribution in [-0.2, 0) is 28.6 Å². The molecule has 0 aromatic carbocycles. The van der Waals surface area contributed by atoms with Crippen LogP contribution in [0.25, 0.3) is 0 Å². The molecule has 0 saturated carbocycles. The van der Waals surface area contributed by atoms with Crippen molar-refractivity contribution in [1.82, 2.24) is 0 Å². The minimum atomic E-state index is -0.782. The third kappa shape index (κ3) is 57.7. The topological polar surface area (TPSA) is 78.9 Å². The molecule has 0 aliphatic carbocycles. The molecule has 416 valence electrons. The van der Waals surface area contributed by atoms with Gasteiger partial charge in [-0.15, -0.1) is 0 Å². The number of rotatable bonds is 56. The maximum atomic E-state index is 12.9. The van der Waals surface area contributed by atoms with Gasteiger partial charge in [0.2, 0.25) is 0 Å². The predicted octanol–water partition coefficient (Wildman–Crippen LogP) is 20.9. The van der Waals surface area contributed by atoms with Gasteiger partial charge >= 0.3 is 17.9 Å². The van der Waals surface area contributed by atoms with Crippen molar-refractivity contribution in [2.75, 3.05) is 13.2 Å². The maximum Gasteiger partial charge on any atom is 0.306 e. The average molecular weight is 1010 g/mol. The largest absolute Gasteiger partial charge is 0.462 e. The summed E-state index contributed by atoms with van der Waals surface area (Å²) in [6, 6.07) is 0. The second-order valence-electron chi connectivity index (χ2n) is 20.6. The number of carbonyl (C=O) groups is 3. The van der Waals surface area contributed by atoms with Gasteiger partial charge in [-0.25, -0.2) is 0 Å². The standard InChI is InChI=1S/C66H116O6/c1-4-7-10-13-16-19-22-25-28-29-30-31-32-33-34-35-36-37-39-41-44-47-50-53-56-59-65(68)71-62-63(61-70-64(67)58-55-52-49-46-43-40-27-24-21-18-15-12-9-6-3)72-66(69)60-57-54-51-48-45-42-38-26-23-20-17-14-11-8-5-2/h7,10,16-17,19-20,25-26,28,30-31,38,63H,4-6,8-9,11-15,18,21-24,27,29,32-37,39-62H2,1-3H3/b10-7-,19-16-,20-17-,28-25-,31-30-,38-26-. The first-order valence-electron chi connectivity index (χ1n) is 30.9. The fourth-order valence-corrected chi connectivity index (χ4v) is 8.82. The van der Waals surface area contributed by atoms with Crippen LogP contribution < -0.4 is 0 Å². The molecule has 0 aromatic heterocycles. The number of esters is 3. The Morgan fingerprint density at radius 1 is 0.292 bits per heavy atom. The zero-order valence-corrected chi connectivity index (χ0v) is 47.7. The summed E-state index contributed by atoms with van der Waals surface area (Å²) in [4.78, 5) is 38.2. The van der Waals surface area contributed by atoms with E-state index in [1.165, 1.54) is 161 Å². The number of carbonyl (C=O) groups excluding carboxylic acids is 3. The van der Waals surface area contributed by atoms with Crippen molar-refractivity contribution in [2.24, 2.45) is 0 Å². The first kappa shape index (κ1) is 68.8. The van der Waals surface area contributed by atoms with E-state index in [4.69, 9.17) is 14.2 Å². The highest BCUT2D eigenvalue weighted by molar-refractivity contribution is 5.71. The van der Waals surface area contributed by atoms with E-state index < -0.39 is 6.10 Å². The van der Waals surface area contributed by atoms with Gasteiger partial charge in [-0.1, -0.05) is 273 Å². The van der Waals surface area contributed by atoms with Crippen LogP contribution in [0.1, 0.15) is 310 Å². The van der Waals surface area contributed by atoms with E-state index >= 15 is 0 Å². The van der Waals surface area contributed by atoms with Crippen LogP contribution in [0.4, 0.5) is 0 Å². The van der Waals surface area contributed by atoms with Gasteiger partial charge in [0, 0.05) is 19.3 Å². The summed E-state index contributed by atoms with van der Waals surface area (Å²) in [5.41, 5.74) is 0. The molecule has 1 atom stereocenters. The lowest BCUT2D eigenvalue weighted by molar-refractivity contribution is -0.167. The quantitative estimate of drug-likeness (QED) is 0.0261. The zero-order chi connectivity index (χ0) is 52.2. The van der Waals surface area contributed by atoms with E-state index in [-0.39, 0.29) is 31.1 Å². The second-order valence-corrected chi connectivity index (χ2v) is 20.6. The fourth-order valence-electron chi connectivity index (χ4n) is 8.82. The number of unbranched alkanes of at least 4 members (excludes halogenated alkanes) is 33. The van der Waals surface area contributed by atoms with Crippen molar-refractivity contribution < 1.29 is 28.6 Å². The molecule has 0 amide bonds. The van der Waals surface area contributed by atoms with Gasteiger partial charge in [0.15, 0.2) is 6.10 Å². The van der Waals surface area contributed by atoms with Crippen LogP contribution >= 0.6 is 0 Å². The molecule has 0 bridgehead atoms. The van der Waals surface area contributed by atoms with Gasteiger partial charge in [-0.3, -0.25) is 14.4 Å². The Hall–Kier alpha value is -3.15. The molecule has 0 N–H and O–H groups in total. The summed E-state index contributed by atoms with van der Waals surface area (Å²) in [5, 5.41) is 0. The highest BCUT2D eigenvalue weighted by Crippen LogP contribution is 2.16. The van der Waals surface area contributed by atoms with Crippen molar-refractivity contribution in [2.45, 2.75) is 316 Å². The van der Waals surface area contributed by atoms with Crippen molar-refractivity contribution in [3.63, 3.8) is 0 Å².